The number of benzene rings is 1. The molecule has 0 saturated carbocycles. The van der Waals surface area contributed by atoms with E-state index in [4.69, 9.17) is 10.5 Å². The summed E-state index contributed by atoms with van der Waals surface area (Å²) < 4.78 is 5.14. The fourth-order valence-electron chi connectivity index (χ4n) is 1.75. The van der Waals surface area contributed by atoms with Crippen LogP contribution in [0.3, 0.4) is 0 Å². The van der Waals surface area contributed by atoms with E-state index < -0.39 is 0 Å². The number of nitrogens with zero attached hydrogens (tertiary/aromatic N) is 1. The Kier molecular flexibility index (Phi) is 6.02. The number of hydrogen-bond donors (Lipinski definition) is 1. The van der Waals surface area contributed by atoms with Crippen LogP contribution in [0.5, 0.6) is 5.75 Å². The Morgan fingerprint density at radius 2 is 2.16 bits per heavy atom. The summed E-state index contributed by atoms with van der Waals surface area (Å²) in [6, 6.07) is 5.31. The van der Waals surface area contributed by atoms with Gasteiger partial charge in [0.1, 0.15) is 5.75 Å². The van der Waals surface area contributed by atoms with Gasteiger partial charge in [-0.2, -0.15) is 11.8 Å². The van der Waals surface area contributed by atoms with Crippen molar-refractivity contribution in [1.82, 2.24) is 4.90 Å². The molecular weight excluding hydrogens is 260 g/mol. The SMILES string of the molecule is COc1cc(N)cc(C(=O)N(C)C(C)CCSC)c1. The van der Waals surface area contributed by atoms with Crippen LogP contribution in [-0.4, -0.2) is 43.0 Å². The van der Waals surface area contributed by atoms with Gasteiger partial charge < -0.3 is 15.4 Å². The molecule has 0 saturated heterocycles. The first kappa shape index (κ1) is 15.7. The van der Waals surface area contributed by atoms with Gasteiger partial charge in [0.15, 0.2) is 0 Å². The summed E-state index contributed by atoms with van der Waals surface area (Å²) in [5.74, 6) is 1.62. The van der Waals surface area contributed by atoms with Crippen LogP contribution in [0.15, 0.2) is 18.2 Å². The molecule has 0 spiro atoms. The lowest BCUT2D eigenvalue weighted by molar-refractivity contribution is 0.0741. The zero-order chi connectivity index (χ0) is 14.4. The number of nitrogens with two attached hydrogens (primary N) is 1. The van der Waals surface area contributed by atoms with Crippen molar-refractivity contribution in [3.8, 4) is 5.75 Å². The number of hydrogen-bond acceptors (Lipinski definition) is 4. The number of methoxy groups -OCH3 is 1. The molecule has 0 radical (unpaired) electrons. The van der Waals surface area contributed by atoms with E-state index in [1.165, 1.54) is 0 Å². The topological polar surface area (TPSA) is 55.6 Å². The lowest BCUT2D eigenvalue weighted by atomic mass is 10.1. The molecule has 1 aromatic carbocycles. The van der Waals surface area contributed by atoms with Gasteiger partial charge in [-0.05, 0) is 37.5 Å². The molecule has 2 N–H and O–H groups in total. The second kappa shape index (κ2) is 7.28. The highest BCUT2D eigenvalue weighted by molar-refractivity contribution is 7.98. The van der Waals surface area contributed by atoms with Gasteiger partial charge in [-0.25, -0.2) is 0 Å². The van der Waals surface area contributed by atoms with Crippen molar-refractivity contribution in [1.29, 1.82) is 0 Å². The van der Waals surface area contributed by atoms with Gasteiger partial charge in [0.05, 0.1) is 7.11 Å². The number of rotatable bonds is 6. The van der Waals surface area contributed by atoms with Crippen molar-refractivity contribution in [3.63, 3.8) is 0 Å². The first-order valence-electron chi connectivity index (χ1n) is 6.20. The molecule has 4 nitrogen and oxygen atoms in total. The van der Waals surface area contributed by atoms with Crippen molar-refractivity contribution in [2.75, 3.05) is 31.9 Å². The monoisotopic (exact) mass is 282 g/mol. The van der Waals surface area contributed by atoms with Gasteiger partial charge in [0, 0.05) is 30.4 Å². The van der Waals surface area contributed by atoms with Crippen LogP contribution in [-0.2, 0) is 0 Å². The normalized spacial score (nSPS) is 12.0. The maximum absolute atomic E-state index is 12.4. The fraction of sp³-hybridized carbons (Fsp3) is 0.500. The van der Waals surface area contributed by atoms with Gasteiger partial charge in [0.2, 0.25) is 0 Å². The summed E-state index contributed by atoms with van der Waals surface area (Å²) in [7, 11) is 3.39. The van der Waals surface area contributed by atoms with E-state index in [9.17, 15) is 4.79 Å². The van der Waals surface area contributed by atoms with Crippen LogP contribution >= 0.6 is 11.8 Å². The van der Waals surface area contributed by atoms with E-state index in [0.29, 0.717) is 17.0 Å². The van der Waals surface area contributed by atoms with Gasteiger partial charge in [0.25, 0.3) is 5.91 Å². The van der Waals surface area contributed by atoms with Crippen molar-refractivity contribution in [3.05, 3.63) is 23.8 Å². The third-order valence-corrected chi connectivity index (χ3v) is 3.78. The summed E-state index contributed by atoms with van der Waals surface area (Å²) in [4.78, 5) is 14.1. The molecule has 1 rings (SSSR count). The molecule has 0 fully saturated rings. The Labute approximate surface area is 119 Å². The average Bonchev–Trinajstić information content (AvgIpc) is 2.42. The lowest BCUT2D eigenvalue weighted by Crippen LogP contribution is -2.35. The van der Waals surface area contributed by atoms with Crippen molar-refractivity contribution in [2.45, 2.75) is 19.4 Å². The molecule has 19 heavy (non-hydrogen) atoms. The molecule has 0 bridgehead atoms. The molecule has 0 aliphatic heterocycles. The van der Waals surface area contributed by atoms with E-state index in [1.807, 2.05) is 7.05 Å². The minimum absolute atomic E-state index is 0.0285. The quantitative estimate of drug-likeness (QED) is 0.814. The van der Waals surface area contributed by atoms with E-state index in [1.54, 1.807) is 42.0 Å². The summed E-state index contributed by atoms with van der Waals surface area (Å²) >= 11 is 1.79. The highest BCUT2D eigenvalue weighted by Crippen LogP contribution is 2.20. The summed E-state index contributed by atoms with van der Waals surface area (Å²) in [6.45, 7) is 2.05. The second-order valence-electron chi connectivity index (χ2n) is 4.54. The third-order valence-electron chi connectivity index (χ3n) is 3.13. The van der Waals surface area contributed by atoms with Gasteiger partial charge in [-0.1, -0.05) is 0 Å². The smallest absolute Gasteiger partial charge is 0.254 e. The van der Waals surface area contributed by atoms with Crippen molar-refractivity contribution < 1.29 is 9.53 Å². The molecule has 5 heteroatoms. The largest absolute Gasteiger partial charge is 0.497 e. The number of amides is 1. The Bertz CT molecular complexity index is 437. The standard InChI is InChI=1S/C14H22N2O2S/c1-10(5-6-19-4)16(2)14(17)11-7-12(15)9-13(8-11)18-3/h7-10H,5-6,15H2,1-4H3. The second-order valence-corrected chi connectivity index (χ2v) is 5.53. The molecule has 1 aromatic rings. The van der Waals surface area contributed by atoms with Gasteiger partial charge in [-0.15, -0.1) is 0 Å². The summed E-state index contributed by atoms with van der Waals surface area (Å²) in [6.07, 6.45) is 3.04. The molecular formula is C14H22N2O2S. The van der Waals surface area contributed by atoms with Crippen molar-refractivity contribution >= 4 is 23.4 Å². The first-order chi connectivity index (χ1) is 8.99. The van der Waals surface area contributed by atoms with E-state index in [0.717, 1.165) is 12.2 Å². The van der Waals surface area contributed by atoms with E-state index >= 15 is 0 Å². The zero-order valence-corrected chi connectivity index (χ0v) is 12.8. The predicted molar refractivity (Wildman–Crippen MR) is 82.0 cm³/mol. The van der Waals surface area contributed by atoms with Crippen LogP contribution in [0.1, 0.15) is 23.7 Å². The van der Waals surface area contributed by atoms with E-state index in [2.05, 4.69) is 13.2 Å². The number of carbonyl (C=O) groups is 1. The predicted octanol–water partition coefficient (Wildman–Crippen LogP) is 2.49. The van der Waals surface area contributed by atoms with Crippen molar-refractivity contribution in [2.24, 2.45) is 0 Å². The number of anilines is 1. The molecule has 0 aliphatic rings. The fourth-order valence-corrected chi connectivity index (χ4v) is 2.33. The van der Waals surface area contributed by atoms with Crippen LogP contribution in [0, 0.1) is 0 Å². The number of nitrogen functional groups attached to an aromatic ring is 1. The Hall–Kier alpha value is -1.36. The molecule has 1 unspecified atom stereocenters. The molecule has 1 atom stereocenters. The Morgan fingerprint density at radius 1 is 1.47 bits per heavy atom. The van der Waals surface area contributed by atoms with Crippen LogP contribution in [0.2, 0.25) is 0 Å². The van der Waals surface area contributed by atoms with Crippen LogP contribution < -0.4 is 10.5 Å². The Morgan fingerprint density at radius 3 is 2.74 bits per heavy atom. The van der Waals surface area contributed by atoms with Gasteiger partial charge >= 0.3 is 0 Å². The summed E-state index contributed by atoms with van der Waals surface area (Å²) in [5, 5.41) is 0. The molecule has 0 aromatic heterocycles. The minimum Gasteiger partial charge on any atom is -0.497 e. The van der Waals surface area contributed by atoms with Crippen LogP contribution in [0.25, 0.3) is 0 Å². The minimum atomic E-state index is -0.0285. The summed E-state index contributed by atoms with van der Waals surface area (Å²) in [5.41, 5.74) is 6.88. The zero-order valence-electron chi connectivity index (χ0n) is 12.0. The highest BCUT2D eigenvalue weighted by Gasteiger charge is 2.18. The van der Waals surface area contributed by atoms with E-state index in [-0.39, 0.29) is 11.9 Å². The lowest BCUT2D eigenvalue weighted by Gasteiger charge is -2.25. The third kappa shape index (κ3) is 4.35. The molecule has 0 heterocycles. The Balaban J connectivity index is 2.84. The number of ether oxygens (including phenoxy) is 1. The maximum atomic E-state index is 12.4. The maximum Gasteiger partial charge on any atom is 0.254 e. The first-order valence-corrected chi connectivity index (χ1v) is 7.59. The number of carbonyl (C=O) groups excluding carboxylic acids is 1. The highest BCUT2D eigenvalue weighted by atomic mass is 32.2. The average molecular weight is 282 g/mol. The number of thioether (sulfide) groups is 1. The van der Waals surface area contributed by atoms with Gasteiger partial charge in [-0.3, -0.25) is 4.79 Å². The molecule has 1 amide bonds. The van der Waals surface area contributed by atoms with Crippen LogP contribution in [0.4, 0.5) is 5.69 Å². The molecule has 0 aliphatic carbocycles. The molecule has 106 valence electrons.